The Kier molecular flexibility index (Phi) is 8.76. The van der Waals surface area contributed by atoms with Crippen LogP contribution in [-0.4, -0.2) is 34.7 Å². The highest BCUT2D eigenvalue weighted by Gasteiger charge is 2.33. The summed E-state index contributed by atoms with van der Waals surface area (Å²) >= 11 is 0. The molecule has 0 radical (unpaired) electrons. The van der Waals surface area contributed by atoms with Crippen LogP contribution >= 0.6 is 8.46 Å². The number of esters is 1. The molecule has 0 aromatic heterocycles. The van der Waals surface area contributed by atoms with E-state index in [2.05, 4.69) is 5.32 Å². The van der Waals surface area contributed by atoms with E-state index in [1.807, 2.05) is 26.0 Å². The van der Waals surface area contributed by atoms with Gasteiger partial charge in [-0.25, -0.2) is 4.79 Å². The molecule has 178 valence electrons. The van der Waals surface area contributed by atoms with Gasteiger partial charge >= 0.3 is 14.4 Å². The lowest BCUT2D eigenvalue weighted by Gasteiger charge is -2.21. The Hall–Kier alpha value is -2.76. The minimum absolute atomic E-state index is 0.0739. The second kappa shape index (κ2) is 10.9. The van der Waals surface area contributed by atoms with Gasteiger partial charge in [-0.3, -0.25) is 4.79 Å². The van der Waals surface area contributed by atoms with Crippen molar-refractivity contribution in [3.63, 3.8) is 0 Å². The highest BCUT2D eigenvalue weighted by atomic mass is 31.1. The van der Waals surface area contributed by atoms with Crippen molar-refractivity contribution in [3.8, 4) is 5.75 Å². The van der Waals surface area contributed by atoms with E-state index in [0.29, 0.717) is 12.0 Å². The van der Waals surface area contributed by atoms with Crippen LogP contribution in [0.4, 0.5) is 0 Å². The summed E-state index contributed by atoms with van der Waals surface area (Å²) in [6.07, 6.45) is 0.492. The zero-order valence-corrected chi connectivity index (χ0v) is 21.0. The number of phenolic OH excluding ortho intramolecular Hbond substituents is 1. The number of hydrogen-bond acceptors (Lipinski definition) is 6. The smallest absolute Gasteiger partial charge is 0.364 e. The van der Waals surface area contributed by atoms with Gasteiger partial charge in [-0.05, 0) is 79.6 Å². The second-order valence-electron chi connectivity index (χ2n) is 8.74. The van der Waals surface area contributed by atoms with Crippen molar-refractivity contribution in [2.75, 3.05) is 6.61 Å². The molecule has 7 nitrogen and oxygen atoms in total. The topological polar surface area (TPSA) is 113 Å². The van der Waals surface area contributed by atoms with Gasteiger partial charge in [-0.15, -0.1) is 0 Å². The number of aryl methyl sites for hydroxylation is 2. The Bertz CT molecular complexity index is 1020. The van der Waals surface area contributed by atoms with Crippen LogP contribution in [0.15, 0.2) is 30.3 Å². The Balaban J connectivity index is 2.33. The van der Waals surface area contributed by atoms with Crippen LogP contribution < -0.4 is 5.32 Å². The molecule has 0 fully saturated rings. The fourth-order valence-electron chi connectivity index (χ4n) is 3.64. The van der Waals surface area contributed by atoms with Crippen molar-refractivity contribution in [2.24, 2.45) is 5.92 Å². The molecule has 2 aromatic rings. The molecule has 0 bridgehead atoms. The van der Waals surface area contributed by atoms with Crippen molar-refractivity contribution in [2.45, 2.75) is 59.3 Å². The maximum absolute atomic E-state index is 12.9. The summed E-state index contributed by atoms with van der Waals surface area (Å²) < 4.78 is 16.4. The average molecular weight is 475 g/mol. The predicted molar refractivity (Wildman–Crippen MR) is 128 cm³/mol. The largest absolute Gasteiger partial charge is 0.507 e. The van der Waals surface area contributed by atoms with E-state index in [4.69, 9.17) is 4.74 Å². The van der Waals surface area contributed by atoms with Gasteiger partial charge in [0.05, 0.1) is 12.2 Å². The fourth-order valence-corrected chi connectivity index (χ4v) is 3.90. The number of nitrogens with one attached hydrogen (secondary N) is 1. The number of carbonyl (C=O) groups is 2. The number of benzene rings is 2. The molecule has 8 heteroatoms. The molecule has 3 unspecified atom stereocenters. The van der Waals surface area contributed by atoms with E-state index < -0.39 is 31.7 Å². The van der Waals surface area contributed by atoms with E-state index in [0.717, 1.165) is 22.3 Å². The summed E-state index contributed by atoms with van der Waals surface area (Å²) in [7, 11) is -0.888. The number of aromatic hydroxyl groups is 1. The number of aliphatic hydroxyl groups is 1. The maximum atomic E-state index is 12.9. The van der Waals surface area contributed by atoms with Crippen LogP contribution in [0.25, 0.3) is 0 Å². The van der Waals surface area contributed by atoms with Gasteiger partial charge in [-0.1, -0.05) is 24.5 Å². The lowest BCUT2D eigenvalue weighted by Crippen LogP contribution is -2.45. The standard InChI is InChI=1S/C25H32NO6P/c1-7-32-24(29)22(14(2)3)26-23(28)20-13-17(8-9-21(20)27)12-19-15(4)10-18(11-16(19)5)25(6,30)33-31/h8-11,13-14,22,27,30H,7,12H2,1-6H3,(H,26,28)/p+1. The molecule has 0 aliphatic carbocycles. The van der Waals surface area contributed by atoms with E-state index in [9.17, 15) is 24.4 Å². The molecule has 0 aliphatic rings. The molecule has 1 amide bonds. The van der Waals surface area contributed by atoms with Crippen LogP contribution in [0.2, 0.25) is 0 Å². The lowest BCUT2D eigenvalue weighted by molar-refractivity contribution is -0.146. The normalized spacial score (nSPS) is 14.1. The zero-order chi connectivity index (χ0) is 24.9. The number of rotatable bonds is 9. The second-order valence-corrected chi connectivity index (χ2v) is 9.92. The zero-order valence-electron chi connectivity index (χ0n) is 20.0. The Morgan fingerprint density at radius 2 is 1.76 bits per heavy atom. The molecule has 3 N–H and O–H groups in total. The van der Waals surface area contributed by atoms with Crippen LogP contribution in [0, 0.1) is 19.8 Å². The molecule has 0 saturated carbocycles. The average Bonchev–Trinajstić information content (AvgIpc) is 2.75. The van der Waals surface area contributed by atoms with Crippen LogP contribution in [0.3, 0.4) is 0 Å². The maximum Gasteiger partial charge on any atom is 0.364 e. The number of phenols is 1. The third kappa shape index (κ3) is 6.40. The molecule has 3 atom stereocenters. The monoisotopic (exact) mass is 474 g/mol. The van der Waals surface area contributed by atoms with Gasteiger partial charge in [-0.2, -0.15) is 0 Å². The van der Waals surface area contributed by atoms with Gasteiger partial charge in [0.15, 0.2) is 0 Å². The van der Waals surface area contributed by atoms with Gasteiger partial charge in [0.25, 0.3) is 11.2 Å². The summed E-state index contributed by atoms with van der Waals surface area (Å²) in [4.78, 5) is 25.1. The first kappa shape index (κ1) is 26.5. The summed E-state index contributed by atoms with van der Waals surface area (Å²) in [5.74, 6) is -1.44. The van der Waals surface area contributed by atoms with Gasteiger partial charge in [0, 0.05) is 12.5 Å². The minimum atomic E-state index is -1.41. The van der Waals surface area contributed by atoms with E-state index in [-0.39, 0.29) is 23.8 Å². The third-order valence-electron chi connectivity index (χ3n) is 5.64. The Labute approximate surface area is 196 Å². The Morgan fingerprint density at radius 1 is 1.15 bits per heavy atom. The molecular formula is C25H33NO6P+. The van der Waals surface area contributed by atoms with E-state index in [1.165, 1.54) is 13.0 Å². The SMILES string of the molecule is CCOC(=O)C(NC(=O)c1cc(Cc2c(C)cc(C(C)(O)[PH+]=O)cc2C)ccc1O)C(C)C. The van der Waals surface area contributed by atoms with Gasteiger partial charge in [0.1, 0.15) is 11.8 Å². The first-order valence-electron chi connectivity index (χ1n) is 10.9. The minimum Gasteiger partial charge on any atom is -0.507 e. The number of hydrogen-bond donors (Lipinski definition) is 3. The molecule has 0 heterocycles. The quantitative estimate of drug-likeness (QED) is 0.373. The summed E-state index contributed by atoms with van der Waals surface area (Å²) in [6.45, 7) is 10.9. The first-order chi connectivity index (χ1) is 15.4. The van der Waals surface area contributed by atoms with Crippen molar-refractivity contribution in [3.05, 3.63) is 63.7 Å². The summed E-state index contributed by atoms with van der Waals surface area (Å²) in [5.41, 5.74) is 4.30. The highest BCUT2D eigenvalue weighted by molar-refractivity contribution is 7.25. The molecule has 2 rings (SSSR count). The van der Waals surface area contributed by atoms with Crippen molar-refractivity contribution in [1.29, 1.82) is 0 Å². The highest BCUT2D eigenvalue weighted by Crippen LogP contribution is 2.34. The van der Waals surface area contributed by atoms with Gasteiger partial charge < -0.3 is 20.3 Å². The van der Waals surface area contributed by atoms with E-state index >= 15 is 0 Å². The molecule has 0 aliphatic heterocycles. The number of amides is 1. The molecule has 2 aromatic carbocycles. The lowest BCUT2D eigenvalue weighted by atomic mass is 9.92. The van der Waals surface area contributed by atoms with Crippen LogP contribution in [-0.2, 0) is 25.9 Å². The summed E-state index contributed by atoms with van der Waals surface area (Å²) in [6, 6.07) is 7.60. The molecule has 0 saturated heterocycles. The van der Waals surface area contributed by atoms with Gasteiger partial charge in [0.2, 0.25) is 0 Å². The predicted octanol–water partition coefficient (Wildman–Crippen LogP) is 4.11. The van der Waals surface area contributed by atoms with Crippen LogP contribution in [0.5, 0.6) is 5.75 Å². The fraction of sp³-hybridized carbons (Fsp3) is 0.440. The van der Waals surface area contributed by atoms with Crippen molar-refractivity contribution in [1.82, 2.24) is 5.32 Å². The van der Waals surface area contributed by atoms with E-state index in [1.54, 1.807) is 32.9 Å². The third-order valence-corrected chi connectivity index (χ3v) is 6.32. The summed E-state index contributed by atoms with van der Waals surface area (Å²) in [5, 5.41) is 21.9. The molecular weight excluding hydrogens is 441 g/mol. The van der Waals surface area contributed by atoms with Crippen LogP contribution in [0.1, 0.15) is 65.9 Å². The number of ether oxygens (including phenoxy) is 1. The first-order valence-corrected chi connectivity index (χ1v) is 11.8. The van der Waals surface area contributed by atoms with Crippen molar-refractivity contribution < 1.29 is 29.1 Å². The number of carbonyl (C=O) groups excluding carboxylic acids is 2. The Morgan fingerprint density at radius 3 is 2.27 bits per heavy atom. The van der Waals surface area contributed by atoms with Crippen molar-refractivity contribution >= 4 is 20.3 Å². The molecule has 0 spiro atoms. The molecule has 33 heavy (non-hydrogen) atoms.